The molecular weight excluding hydrogens is 370 g/mol. The number of hydrogen-bond acceptors (Lipinski definition) is 6. The lowest BCUT2D eigenvalue weighted by atomic mass is 9.86. The van der Waals surface area contributed by atoms with Gasteiger partial charge in [0, 0.05) is 31.8 Å². The van der Waals surface area contributed by atoms with Crippen LogP contribution in [0.5, 0.6) is 11.5 Å². The van der Waals surface area contributed by atoms with E-state index in [1.54, 1.807) is 19.2 Å². The molecule has 0 bridgehead atoms. The van der Waals surface area contributed by atoms with Gasteiger partial charge in [-0.1, -0.05) is 6.07 Å². The van der Waals surface area contributed by atoms with Crippen LogP contribution in [0.4, 0.5) is 5.69 Å². The first-order valence-corrected chi connectivity index (χ1v) is 10.0. The molecule has 4 rings (SSSR count). The molecule has 2 saturated heterocycles. The summed E-state index contributed by atoms with van der Waals surface area (Å²) in [6.07, 6.45) is 2.55. The van der Waals surface area contributed by atoms with E-state index in [2.05, 4.69) is 16.3 Å². The zero-order chi connectivity index (χ0) is 20.3. The third-order valence-electron chi connectivity index (χ3n) is 6.03. The van der Waals surface area contributed by atoms with Crippen LogP contribution in [-0.2, 0) is 13.2 Å². The molecule has 0 aliphatic carbocycles. The Labute approximate surface area is 170 Å². The zero-order valence-corrected chi connectivity index (χ0v) is 16.7. The van der Waals surface area contributed by atoms with Crippen LogP contribution < -0.4 is 14.8 Å². The van der Waals surface area contributed by atoms with Gasteiger partial charge in [0.15, 0.2) is 11.5 Å². The Balaban J connectivity index is 1.37. The third-order valence-corrected chi connectivity index (χ3v) is 6.03. The van der Waals surface area contributed by atoms with Crippen LogP contribution in [0, 0.1) is 15.5 Å². The minimum Gasteiger partial charge on any atom is -0.493 e. The summed E-state index contributed by atoms with van der Waals surface area (Å²) in [6.45, 7) is 5.82. The molecule has 2 aromatic carbocycles. The molecule has 1 unspecified atom stereocenters. The quantitative estimate of drug-likeness (QED) is 0.570. The lowest BCUT2D eigenvalue weighted by Crippen LogP contribution is -2.28. The van der Waals surface area contributed by atoms with E-state index >= 15 is 0 Å². The van der Waals surface area contributed by atoms with Gasteiger partial charge in [0.25, 0.3) is 5.69 Å². The molecule has 0 aromatic heterocycles. The third kappa shape index (κ3) is 4.52. The molecule has 2 fully saturated rings. The second kappa shape index (κ2) is 8.39. The Morgan fingerprint density at radius 1 is 1.14 bits per heavy atom. The summed E-state index contributed by atoms with van der Waals surface area (Å²) in [7, 11) is 1.65. The number of likely N-dealkylation sites (tertiary alicyclic amines) is 1. The van der Waals surface area contributed by atoms with Gasteiger partial charge in [-0.3, -0.25) is 15.0 Å². The molecule has 2 aliphatic heterocycles. The molecule has 154 valence electrons. The van der Waals surface area contributed by atoms with Gasteiger partial charge < -0.3 is 14.8 Å². The Hall–Kier alpha value is -2.64. The van der Waals surface area contributed by atoms with Crippen molar-refractivity contribution < 1.29 is 14.4 Å². The number of nitro groups is 1. The first-order valence-electron chi connectivity index (χ1n) is 10.0. The molecule has 29 heavy (non-hydrogen) atoms. The first-order chi connectivity index (χ1) is 14.1. The molecule has 7 heteroatoms. The van der Waals surface area contributed by atoms with E-state index in [1.807, 2.05) is 12.1 Å². The summed E-state index contributed by atoms with van der Waals surface area (Å²) < 4.78 is 11.4. The fourth-order valence-electron chi connectivity index (χ4n) is 4.37. The number of nitro benzene ring substituents is 1. The van der Waals surface area contributed by atoms with Crippen LogP contribution in [0.1, 0.15) is 24.0 Å². The Kier molecular flexibility index (Phi) is 5.69. The molecule has 1 atom stereocenters. The molecule has 0 amide bonds. The van der Waals surface area contributed by atoms with Crippen molar-refractivity contribution in [3.63, 3.8) is 0 Å². The van der Waals surface area contributed by atoms with Gasteiger partial charge in [0.1, 0.15) is 6.61 Å². The van der Waals surface area contributed by atoms with Gasteiger partial charge in [-0.25, -0.2) is 0 Å². The maximum Gasteiger partial charge on any atom is 0.269 e. The van der Waals surface area contributed by atoms with Crippen molar-refractivity contribution >= 4 is 5.69 Å². The van der Waals surface area contributed by atoms with Gasteiger partial charge in [-0.15, -0.1) is 0 Å². The van der Waals surface area contributed by atoms with E-state index in [4.69, 9.17) is 9.47 Å². The fraction of sp³-hybridized carbons (Fsp3) is 0.455. The fourth-order valence-corrected chi connectivity index (χ4v) is 4.37. The van der Waals surface area contributed by atoms with E-state index in [1.165, 1.54) is 30.5 Å². The number of benzene rings is 2. The second-order valence-corrected chi connectivity index (χ2v) is 8.08. The molecule has 0 radical (unpaired) electrons. The number of non-ortho nitro benzene ring substituents is 1. The van der Waals surface area contributed by atoms with Crippen molar-refractivity contribution in [2.45, 2.75) is 26.0 Å². The van der Waals surface area contributed by atoms with Gasteiger partial charge in [-0.05, 0) is 66.7 Å². The highest BCUT2D eigenvalue weighted by Gasteiger charge is 2.40. The lowest BCUT2D eigenvalue weighted by molar-refractivity contribution is -0.384. The van der Waals surface area contributed by atoms with Crippen LogP contribution in [0.25, 0.3) is 0 Å². The molecule has 0 saturated carbocycles. The molecular formula is C22H27N3O4. The van der Waals surface area contributed by atoms with Crippen molar-refractivity contribution in [2.75, 3.05) is 33.3 Å². The Morgan fingerprint density at radius 3 is 2.62 bits per heavy atom. The number of nitrogens with one attached hydrogen (secondary N) is 1. The SMILES string of the molecule is COc1cc(CN2CCC3(CCNC3)C2)ccc1OCc1ccc([N+](=O)[O-])cc1. The van der Waals surface area contributed by atoms with Crippen LogP contribution in [0.15, 0.2) is 42.5 Å². The first kappa shape index (κ1) is 19.7. The van der Waals surface area contributed by atoms with Crippen molar-refractivity contribution in [2.24, 2.45) is 5.41 Å². The smallest absolute Gasteiger partial charge is 0.269 e. The summed E-state index contributed by atoms with van der Waals surface area (Å²) in [5, 5.41) is 14.3. The van der Waals surface area contributed by atoms with Gasteiger partial charge in [0.2, 0.25) is 0 Å². The summed E-state index contributed by atoms with van der Waals surface area (Å²) in [5.74, 6) is 1.38. The predicted molar refractivity (Wildman–Crippen MR) is 110 cm³/mol. The van der Waals surface area contributed by atoms with Crippen molar-refractivity contribution in [3.05, 3.63) is 63.7 Å². The topological polar surface area (TPSA) is 76.9 Å². The monoisotopic (exact) mass is 397 g/mol. The lowest BCUT2D eigenvalue weighted by Gasteiger charge is -2.23. The second-order valence-electron chi connectivity index (χ2n) is 8.08. The Morgan fingerprint density at radius 2 is 1.93 bits per heavy atom. The van der Waals surface area contributed by atoms with Crippen molar-refractivity contribution in [3.8, 4) is 11.5 Å². The summed E-state index contributed by atoms with van der Waals surface area (Å²) in [5.41, 5.74) is 2.63. The highest BCUT2D eigenvalue weighted by molar-refractivity contribution is 5.43. The summed E-state index contributed by atoms with van der Waals surface area (Å²) in [6, 6.07) is 12.5. The summed E-state index contributed by atoms with van der Waals surface area (Å²) >= 11 is 0. The average Bonchev–Trinajstić information content (AvgIpc) is 3.36. The molecule has 2 heterocycles. The summed E-state index contributed by atoms with van der Waals surface area (Å²) in [4.78, 5) is 12.9. The number of rotatable bonds is 7. The van der Waals surface area contributed by atoms with Crippen LogP contribution in [-0.4, -0.2) is 43.1 Å². The van der Waals surface area contributed by atoms with E-state index in [0.29, 0.717) is 23.5 Å². The van der Waals surface area contributed by atoms with Crippen molar-refractivity contribution in [1.29, 1.82) is 0 Å². The van der Waals surface area contributed by atoms with Gasteiger partial charge in [-0.2, -0.15) is 0 Å². The van der Waals surface area contributed by atoms with Crippen molar-refractivity contribution in [1.82, 2.24) is 10.2 Å². The number of hydrogen-bond donors (Lipinski definition) is 1. The van der Waals surface area contributed by atoms with Gasteiger partial charge >= 0.3 is 0 Å². The highest BCUT2D eigenvalue weighted by atomic mass is 16.6. The van der Waals surface area contributed by atoms with E-state index < -0.39 is 4.92 Å². The average molecular weight is 397 g/mol. The highest BCUT2D eigenvalue weighted by Crippen LogP contribution is 2.37. The minimum absolute atomic E-state index is 0.0766. The normalized spacial score (nSPS) is 21.6. The predicted octanol–water partition coefficient (Wildman–Crippen LogP) is 3.37. The largest absolute Gasteiger partial charge is 0.493 e. The van der Waals surface area contributed by atoms with E-state index in [9.17, 15) is 10.1 Å². The maximum atomic E-state index is 10.8. The Bertz CT molecular complexity index is 863. The molecule has 7 nitrogen and oxygen atoms in total. The van der Waals surface area contributed by atoms with Crippen LogP contribution in [0.3, 0.4) is 0 Å². The minimum atomic E-state index is -0.405. The number of nitrogens with zero attached hydrogens (tertiary/aromatic N) is 2. The maximum absolute atomic E-state index is 10.8. The number of methoxy groups -OCH3 is 1. The molecule has 2 aliphatic rings. The molecule has 2 aromatic rings. The zero-order valence-electron chi connectivity index (χ0n) is 16.7. The molecule has 1 spiro atoms. The van der Waals surface area contributed by atoms with Crippen LogP contribution >= 0.6 is 0 Å². The van der Waals surface area contributed by atoms with E-state index in [-0.39, 0.29) is 5.69 Å². The standard InChI is InChI=1S/C22H27N3O4/c1-28-21-12-18(13-24-11-9-22(16-24)8-10-23-15-22)4-7-20(21)29-14-17-2-5-19(6-3-17)25(26)27/h2-7,12,23H,8-11,13-16H2,1H3. The van der Waals surface area contributed by atoms with E-state index in [0.717, 1.165) is 38.3 Å². The van der Waals surface area contributed by atoms with Crippen LogP contribution in [0.2, 0.25) is 0 Å². The van der Waals surface area contributed by atoms with Gasteiger partial charge in [0.05, 0.1) is 12.0 Å². The molecule has 1 N–H and O–H groups in total. The number of ether oxygens (including phenoxy) is 2.